The molecule has 6 nitrogen and oxygen atoms in total. The van der Waals surface area contributed by atoms with Crippen LogP contribution in [0, 0.1) is 0 Å². The maximum absolute atomic E-state index is 11.7. The Kier molecular flexibility index (Phi) is 2.84. The minimum absolute atomic E-state index is 0.113. The van der Waals surface area contributed by atoms with Crippen LogP contribution in [0.4, 0.5) is 0 Å². The van der Waals surface area contributed by atoms with Gasteiger partial charge in [-0.1, -0.05) is 11.3 Å². The predicted octanol–water partition coefficient (Wildman–Crippen LogP) is -0.645. The molecule has 2 aromatic rings. The third-order valence-corrected chi connectivity index (χ3v) is 3.30. The van der Waals surface area contributed by atoms with Gasteiger partial charge >= 0.3 is 10.6 Å². The Bertz CT molecular complexity index is 719. The molecule has 0 aliphatic carbocycles. The van der Waals surface area contributed by atoms with E-state index in [0.29, 0.717) is 5.69 Å². The first kappa shape index (κ1) is 11.6. The quantitative estimate of drug-likeness (QED) is 0.714. The van der Waals surface area contributed by atoms with Gasteiger partial charge in [-0.25, -0.2) is 4.79 Å². The minimum Gasteiger partial charge on any atom is -0.300 e. The third kappa shape index (κ3) is 2.01. The fourth-order valence-corrected chi connectivity index (χ4v) is 2.10. The lowest BCUT2D eigenvalue weighted by Crippen LogP contribution is -2.38. The highest BCUT2D eigenvalue weighted by Gasteiger charge is 2.07. The molecule has 0 saturated heterocycles. The van der Waals surface area contributed by atoms with Crippen molar-refractivity contribution in [1.29, 1.82) is 0 Å². The summed E-state index contributed by atoms with van der Waals surface area (Å²) in [5, 5.41) is 1.67. The first-order valence-electron chi connectivity index (χ1n) is 4.90. The van der Waals surface area contributed by atoms with E-state index >= 15 is 0 Å². The van der Waals surface area contributed by atoms with Crippen molar-refractivity contribution in [3.05, 3.63) is 53.8 Å². The highest BCUT2D eigenvalue weighted by Crippen LogP contribution is 1.96. The van der Waals surface area contributed by atoms with E-state index in [9.17, 15) is 14.4 Å². The van der Waals surface area contributed by atoms with Gasteiger partial charge in [-0.15, -0.1) is 0 Å². The van der Waals surface area contributed by atoms with Crippen LogP contribution in [0.15, 0.2) is 32.0 Å². The standard InChI is InChI=1S/C10H11N3O3S/c1-11-7(5-8(14)12(2)9(11)15)6-13-3-4-17-10(13)16/h3-5H,6H2,1-2H3. The van der Waals surface area contributed by atoms with Crippen LogP contribution in [-0.4, -0.2) is 13.7 Å². The van der Waals surface area contributed by atoms with Gasteiger partial charge in [0.25, 0.3) is 5.56 Å². The molecule has 0 N–H and O–H groups in total. The number of nitrogens with zero attached hydrogens (tertiary/aromatic N) is 3. The average Bonchev–Trinajstić information content (AvgIpc) is 2.69. The second-order valence-corrected chi connectivity index (χ2v) is 4.53. The normalized spacial score (nSPS) is 10.7. The van der Waals surface area contributed by atoms with Gasteiger partial charge in [0.2, 0.25) is 0 Å². The van der Waals surface area contributed by atoms with Crippen LogP contribution in [-0.2, 0) is 20.6 Å². The van der Waals surface area contributed by atoms with Gasteiger partial charge in [0.1, 0.15) is 0 Å². The van der Waals surface area contributed by atoms with E-state index in [1.54, 1.807) is 18.6 Å². The molecule has 2 heterocycles. The van der Waals surface area contributed by atoms with Crippen LogP contribution in [0.2, 0.25) is 0 Å². The van der Waals surface area contributed by atoms with E-state index in [0.717, 1.165) is 15.9 Å². The van der Waals surface area contributed by atoms with E-state index in [1.165, 1.54) is 22.2 Å². The fourth-order valence-electron chi connectivity index (χ4n) is 1.51. The van der Waals surface area contributed by atoms with Crippen LogP contribution < -0.4 is 16.1 Å². The first-order valence-corrected chi connectivity index (χ1v) is 5.78. The summed E-state index contributed by atoms with van der Waals surface area (Å²) in [4.78, 5) is 34.4. The van der Waals surface area contributed by atoms with E-state index in [4.69, 9.17) is 0 Å². The molecule has 0 bridgehead atoms. The van der Waals surface area contributed by atoms with Gasteiger partial charge in [0.15, 0.2) is 0 Å². The molecule has 0 unspecified atom stereocenters. The summed E-state index contributed by atoms with van der Waals surface area (Å²) >= 11 is 1.08. The van der Waals surface area contributed by atoms with Crippen LogP contribution in [0.1, 0.15) is 5.69 Å². The lowest BCUT2D eigenvalue weighted by Gasteiger charge is -2.09. The second kappa shape index (κ2) is 4.17. The van der Waals surface area contributed by atoms with Gasteiger partial charge in [0, 0.05) is 37.4 Å². The van der Waals surface area contributed by atoms with E-state index in [-0.39, 0.29) is 17.0 Å². The number of aromatic nitrogens is 3. The summed E-state index contributed by atoms with van der Waals surface area (Å²) in [5.74, 6) is 0. The van der Waals surface area contributed by atoms with Crippen molar-refractivity contribution in [3.63, 3.8) is 0 Å². The molecule has 90 valence electrons. The first-order chi connectivity index (χ1) is 8.00. The SMILES string of the molecule is Cn1c(Cn2ccsc2=O)cc(=O)n(C)c1=O. The number of thiazole rings is 1. The Morgan fingerprint density at radius 1 is 1.18 bits per heavy atom. The van der Waals surface area contributed by atoms with E-state index < -0.39 is 5.69 Å². The summed E-state index contributed by atoms with van der Waals surface area (Å²) in [7, 11) is 3.00. The molecule has 0 fully saturated rings. The zero-order valence-electron chi connectivity index (χ0n) is 9.41. The molecule has 17 heavy (non-hydrogen) atoms. The van der Waals surface area contributed by atoms with Crippen molar-refractivity contribution >= 4 is 11.3 Å². The summed E-state index contributed by atoms with van der Waals surface area (Å²) in [6.07, 6.45) is 1.63. The Morgan fingerprint density at radius 3 is 2.47 bits per heavy atom. The van der Waals surface area contributed by atoms with Crippen molar-refractivity contribution < 1.29 is 0 Å². The molecule has 0 aliphatic heterocycles. The number of hydrogen-bond donors (Lipinski definition) is 0. The third-order valence-electron chi connectivity index (χ3n) is 2.60. The smallest absolute Gasteiger partial charge is 0.300 e. The molecule has 0 saturated carbocycles. The predicted molar refractivity (Wildman–Crippen MR) is 64.6 cm³/mol. The topological polar surface area (TPSA) is 66.0 Å². The van der Waals surface area contributed by atoms with E-state index in [2.05, 4.69) is 0 Å². The molecule has 2 aromatic heterocycles. The highest BCUT2D eigenvalue weighted by atomic mass is 32.1. The van der Waals surface area contributed by atoms with Gasteiger partial charge in [-0.05, 0) is 0 Å². The van der Waals surface area contributed by atoms with Crippen LogP contribution in [0.5, 0.6) is 0 Å². The zero-order valence-corrected chi connectivity index (χ0v) is 10.2. The zero-order chi connectivity index (χ0) is 12.6. The van der Waals surface area contributed by atoms with Crippen LogP contribution in [0.3, 0.4) is 0 Å². The Labute approximate surface area is 100.0 Å². The molecule has 0 radical (unpaired) electrons. The maximum atomic E-state index is 11.7. The average molecular weight is 253 g/mol. The van der Waals surface area contributed by atoms with Crippen molar-refractivity contribution in [2.45, 2.75) is 6.54 Å². The Balaban J connectivity index is 2.55. The highest BCUT2D eigenvalue weighted by molar-refractivity contribution is 7.07. The number of hydrogen-bond acceptors (Lipinski definition) is 4. The van der Waals surface area contributed by atoms with E-state index in [1.807, 2.05) is 0 Å². The van der Waals surface area contributed by atoms with Crippen molar-refractivity contribution in [3.8, 4) is 0 Å². The largest absolute Gasteiger partial charge is 0.330 e. The second-order valence-electron chi connectivity index (χ2n) is 3.67. The molecule has 0 atom stereocenters. The van der Waals surface area contributed by atoms with Crippen LogP contribution in [0.25, 0.3) is 0 Å². The van der Waals surface area contributed by atoms with Gasteiger partial charge in [-0.2, -0.15) is 0 Å². The van der Waals surface area contributed by atoms with Crippen molar-refractivity contribution in [2.24, 2.45) is 14.1 Å². The molecular formula is C10H11N3O3S. The molecular weight excluding hydrogens is 242 g/mol. The lowest BCUT2D eigenvalue weighted by molar-refractivity contribution is 0.622. The summed E-state index contributed by atoms with van der Waals surface area (Å²) in [6.45, 7) is 0.226. The van der Waals surface area contributed by atoms with Gasteiger partial charge < -0.3 is 4.57 Å². The maximum Gasteiger partial charge on any atom is 0.330 e. The molecule has 0 aromatic carbocycles. The monoisotopic (exact) mass is 253 g/mol. The lowest BCUT2D eigenvalue weighted by atomic mass is 10.4. The molecule has 7 heteroatoms. The van der Waals surface area contributed by atoms with Crippen molar-refractivity contribution in [2.75, 3.05) is 0 Å². The number of rotatable bonds is 2. The molecule has 0 amide bonds. The summed E-state index contributed by atoms with van der Waals surface area (Å²) < 4.78 is 3.85. The Morgan fingerprint density at radius 2 is 1.88 bits per heavy atom. The molecule has 0 aliphatic rings. The fraction of sp³-hybridized carbons (Fsp3) is 0.300. The molecule has 2 rings (SSSR count). The Hall–Kier alpha value is -1.89. The summed E-state index contributed by atoms with van der Waals surface area (Å²) in [6, 6.07) is 1.37. The van der Waals surface area contributed by atoms with Gasteiger partial charge in [0.05, 0.1) is 6.54 Å². The minimum atomic E-state index is -0.393. The summed E-state index contributed by atoms with van der Waals surface area (Å²) in [5.41, 5.74) is -0.249. The van der Waals surface area contributed by atoms with Gasteiger partial charge in [-0.3, -0.25) is 18.7 Å². The van der Waals surface area contributed by atoms with Crippen molar-refractivity contribution in [1.82, 2.24) is 13.7 Å². The molecule has 0 spiro atoms. The van der Waals surface area contributed by atoms with Crippen LogP contribution >= 0.6 is 11.3 Å².